The lowest BCUT2D eigenvalue weighted by molar-refractivity contribution is 0.0829. The van der Waals surface area contributed by atoms with Crippen LogP contribution in [0.3, 0.4) is 0 Å². The first-order valence-electron chi connectivity index (χ1n) is 9.20. The summed E-state index contributed by atoms with van der Waals surface area (Å²) < 4.78 is 1.97. The van der Waals surface area contributed by atoms with Gasteiger partial charge in [0.25, 0.3) is 11.8 Å². The Morgan fingerprint density at radius 3 is 2.25 bits per heavy atom. The molecule has 3 rings (SSSR count). The van der Waals surface area contributed by atoms with Gasteiger partial charge >= 0.3 is 0 Å². The highest BCUT2D eigenvalue weighted by atomic mass is 16.2. The number of rotatable bonds is 3. The number of aromatic nitrogens is 2. The van der Waals surface area contributed by atoms with Crippen LogP contribution in [-0.4, -0.2) is 40.4 Å². The Hall–Kier alpha value is -3.15. The summed E-state index contributed by atoms with van der Waals surface area (Å²) in [5.74, 6) is 0.155. The molecule has 0 bridgehead atoms. The van der Waals surface area contributed by atoms with Gasteiger partial charge in [-0.2, -0.15) is 0 Å². The standard InChI is InChI=1S/C22H26N4O2/c1-14-7-9-15(10-8-14)20(27)24-18-12-11-16-17(21(28)25(5)6)13-26(19(16)23-18)22(2,3)4/h7-13H,1-6H3,(H,23,24,27). The summed E-state index contributed by atoms with van der Waals surface area (Å²) >= 11 is 0. The van der Waals surface area contributed by atoms with Crippen LogP contribution in [0.2, 0.25) is 0 Å². The van der Waals surface area contributed by atoms with Crippen LogP contribution in [0.25, 0.3) is 11.0 Å². The maximum absolute atomic E-state index is 12.6. The molecule has 0 unspecified atom stereocenters. The maximum Gasteiger partial charge on any atom is 0.256 e. The zero-order valence-electron chi connectivity index (χ0n) is 17.2. The van der Waals surface area contributed by atoms with Crippen molar-refractivity contribution in [3.05, 3.63) is 59.3 Å². The first kappa shape index (κ1) is 19.6. The van der Waals surface area contributed by atoms with Crippen LogP contribution in [0.15, 0.2) is 42.6 Å². The molecule has 0 radical (unpaired) electrons. The lowest BCUT2D eigenvalue weighted by atomic mass is 10.1. The molecule has 28 heavy (non-hydrogen) atoms. The second kappa shape index (κ2) is 7.11. The second-order valence-corrected chi connectivity index (χ2v) is 8.17. The monoisotopic (exact) mass is 378 g/mol. The summed E-state index contributed by atoms with van der Waals surface area (Å²) in [4.78, 5) is 31.3. The molecule has 0 spiro atoms. The Morgan fingerprint density at radius 2 is 1.68 bits per heavy atom. The fourth-order valence-electron chi connectivity index (χ4n) is 2.99. The molecule has 6 heteroatoms. The van der Waals surface area contributed by atoms with Gasteiger partial charge in [0.15, 0.2) is 0 Å². The minimum atomic E-state index is -0.268. The molecule has 3 aromatic rings. The van der Waals surface area contributed by atoms with Crippen molar-refractivity contribution in [2.45, 2.75) is 33.2 Å². The molecule has 2 amide bonds. The number of fused-ring (bicyclic) bond motifs is 1. The summed E-state index contributed by atoms with van der Waals surface area (Å²) in [6.07, 6.45) is 1.84. The summed E-state index contributed by atoms with van der Waals surface area (Å²) in [7, 11) is 3.46. The fraction of sp³-hybridized carbons (Fsp3) is 0.318. The van der Waals surface area contributed by atoms with Crippen molar-refractivity contribution in [3.8, 4) is 0 Å². The molecule has 0 saturated carbocycles. The van der Waals surface area contributed by atoms with E-state index >= 15 is 0 Å². The van der Waals surface area contributed by atoms with E-state index in [1.54, 1.807) is 37.2 Å². The topological polar surface area (TPSA) is 67.2 Å². The number of carbonyl (C=O) groups is 2. The van der Waals surface area contributed by atoms with Crippen LogP contribution in [0.5, 0.6) is 0 Å². The van der Waals surface area contributed by atoms with Crippen molar-refractivity contribution in [1.82, 2.24) is 14.5 Å². The molecule has 2 heterocycles. The summed E-state index contributed by atoms with van der Waals surface area (Å²) in [6.45, 7) is 8.13. The molecule has 0 aliphatic heterocycles. The van der Waals surface area contributed by atoms with Gasteiger partial charge in [0.2, 0.25) is 0 Å². The van der Waals surface area contributed by atoms with Crippen molar-refractivity contribution >= 4 is 28.7 Å². The Labute approximate surface area is 165 Å². The molecule has 1 N–H and O–H groups in total. The minimum Gasteiger partial charge on any atom is -0.345 e. The van der Waals surface area contributed by atoms with Gasteiger partial charge in [-0.15, -0.1) is 0 Å². The average Bonchev–Trinajstić information content (AvgIpc) is 3.00. The highest BCUT2D eigenvalue weighted by Crippen LogP contribution is 2.28. The van der Waals surface area contributed by atoms with Gasteiger partial charge in [-0.1, -0.05) is 17.7 Å². The third-order valence-electron chi connectivity index (χ3n) is 4.57. The van der Waals surface area contributed by atoms with E-state index < -0.39 is 0 Å². The maximum atomic E-state index is 12.6. The van der Waals surface area contributed by atoms with E-state index in [0.717, 1.165) is 10.9 Å². The second-order valence-electron chi connectivity index (χ2n) is 8.17. The predicted molar refractivity (Wildman–Crippen MR) is 112 cm³/mol. The third-order valence-corrected chi connectivity index (χ3v) is 4.57. The number of amides is 2. The van der Waals surface area contributed by atoms with Crippen LogP contribution in [-0.2, 0) is 5.54 Å². The number of hydrogen-bond donors (Lipinski definition) is 1. The van der Waals surface area contributed by atoms with E-state index in [0.29, 0.717) is 22.6 Å². The fourth-order valence-corrected chi connectivity index (χ4v) is 2.99. The van der Waals surface area contributed by atoms with Crippen LogP contribution in [0, 0.1) is 6.92 Å². The number of nitrogens with one attached hydrogen (secondary N) is 1. The van der Waals surface area contributed by atoms with Crippen molar-refractivity contribution < 1.29 is 9.59 Å². The smallest absolute Gasteiger partial charge is 0.256 e. The largest absolute Gasteiger partial charge is 0.345 e. The first-order chi connectivity index (χ1) is 13.1. The van der Waals surface area contributed by atoms with Gasteiger partial charge in [0.05, 0.1) is 5.56 Å². The van der Waals surface area contributed by atoms with Crippen molar-refractivity contribution in [1.29, 1.82) is 0 Å². The molecule has 0 atom stereocenters. The van der Waals surface area contributed by atoms with Gasteiger partial charge in [-0.05, 0) is 52.0 Å². The van der Waals surface area contributed by atoms with Crippen LogP contribution >= 0.6 is 0 Å². The van der Waals surface area contributed by atoms with E-state index in [2.05, 4.69) is 31.1 Å². The SMILES string of the molecule is Cc1ccc(C(=O)Nc2ccc3c(C(=O)N(C)C)cn(C(C)(C)C)c3n2)cc1. The van der Waals surface area contributed by atoms with E-state index in [1.807, 2.05) is 35.9 Å². The van der Waals surface area contributed by atoms with E-state index in [9.17, 15) is 9.59 Å². The number of pyridine rings is 1. The Bertz CT molecular complexity index is 1040. The number of hydrogen-bond acceptors (Lipinski definition) is 3. The van der Waals surface area contributed by atoms with Crippen LogP contribution in [0.4, 0.5) is 5.82 Å². The normalized spacial score (nSPS) is 11.5. The van der Waals surface area contributed by atoms with Gasteiger partial charge in [-0.3, -0.25) is 9.59 Å². The highest BCUT2D eigenvalue weighted by Gasteiger charge is 2.23. The molecule has 0 fully saturated rings. The number of benzene rings is 1. The first-order valence-corrected chi connectivity index (χ1v) is 9.20. The van der Waals surface area contributed by atoms with Crippen molar-refractivity contribution in [3.63, 3.8) is 0 Å². The summed E-state index contributed by atoms with van der Waals surface area (Å²) in [6, 6.07) is 10.9. The molecule has 146 valence electrons. The van der Waals surface area contributed by atoms with Crippen molar-refractivity contribution in [2.75, 3.05) is 19.4 Å². The number of nitrogens with zero attached hydrogens (tertiary/aromatic N) is 3. The Balaban J connectivity index is 2.03. The molecule has 1 aromatic carbocycles. The van der Waals surface area contributed by atoms with Gasteiger partial charge in [0.1, 0.15) is 11.5 Å². The third kappa shape index (κ3) is 3.76. The lowest BCUT2D eigenvalue weighted by Crippen LogP contribution is -2.23. The predicted octanol–water partition coefficient (Wildman–Crippen LogP) is 4.05. The van der Waals surface area contributed by atoms with Gasteiger partial charge < -0.3 is 14.8 Å². The molecular formula is C22H26N4O2. The Kier molecular flexibility index (Phi) is 4.98. The van der Waals surface area contributed by atoms with Crippen LogP contribution < -0.4 is 5.32 Å². The highest BCUT2D eigenvalue weighted by molar-refractivity contribution is 6.07. The summed E-state index contributed by atoms with van der Waals surface area (Å²) in [5, 5.41) is 3.62. The Morgan fingerprint density at radius 1 is 1.04 bits per heavy atom. The van der Waals surface area contributed by atoms with Crippen LogP contribution in [0.1, 0.15) is 47.1 Å². The minimum absolute atomic E-state index is 0.0776. The molecule has 2 aromatic heterocycles. The molecule has 6 nitrogen and oxygen atoms in total. The molecule has 0 aliphatic carbocycles. The van der Waals surface area contributed by atoms with E-state index in [1.165, 1.54) is 0 Å². The van der Waals surface area contributed by atoms with Crippen molar-refractivity contribution in [2.24, 2.45) is 0 Å². The number of carbonyl (C=O) groups excluding carboxylic acids is 2. The zero-order valence-corrected chi connectivity index (χ0v) is 17.2. The zero-order chi connectivity index (χ0) is 20.6. The molecule has 0 saturated heterocycles. The van der Waals surface area contributed by atoms with E-state index in [4.69, 9.17) is 0 Å². The quantitative estimate of drug-likeness (QED) is 0.747. The number of aryl methyl sites for hydroxylation is 1. The summed E-state index contributed by atoms with van der Waals surface area (Å²) in [5.41, 5.74) is 2.66. The van der Waals surface area contributed by atoms with Gasteiger partial charge in [-0.25, -0.2) is 4.98 Å². The molecular weight excluding hydrogens is 352 g/mol. The molecule has 0 aliphatic rings. The van der Waals surface area contributed by atoms with Gasteiger partial charge in [0, 0.05) is 36.8 Å². The lowest BCUT2D eigenvalue weighted by Gasteiger charge is -2.22. The average molecular weight is 378 g/mol. The van der Waals surface area contributed by atoms with E-state index in [-0.39, 0.29) is 17.4 Å². The number of anilines is 1.